The van der Waals surface area contributed by atoms with Gasteiger partial charge in [0.15, 0.2) is 5.75 Å². The molecule has 0 fully saturated rings. The molecule has 1 rings (SSSR count). The van der Waals surface area contributed by atoms with Gasteiger partial charge in [0.05, 0.1) is 4.92 Å². The van der Waals surface area contributed by atoms with E-state index in [9.17, 15) is 10.1 Å². The van der Waals surface area contributed by atoms with Crippen molar-refractivity contribution in [2.24, 2.45) is 0 Å². The summed E-state index contributed by atoms with van der Waals surface area (Å²) in [7, 11) is 1.60. The Hall–Kier alpha value is -2.22. The molecule has 0 heterocycles. The summed E-state index contributed by atoms with van der Waals surface area (Å²) in [4.78, 5) is 10.3. The van der Waals surface area contributed by atoms with E-state index in [1.54, 1.807) is 19.2 Å². The number of hydrogen-bond acceptors (Lipinski definition) is 4. The van der Waals surface area contributed by atoms with Gasteiger partial charge in [0.25, 0.3) is 0 Å². The molecule has 1 aromatic carbocycles. The number of nitrogens with one attached hydrogen (secondary N) is 1. The smallest absolute Gasteiger partial charge is 0.333 e. The van der Waals surface area contributed by atoms with Gasteiger partial charge in [-0.1, -0.05) is 12.0 Å². The molecule has 5 heteroatoms. The molecule has 0 aromatic heterocycles. The fraction of sp³-hybridized carbons (Fsp3) is 0.200. The van der Waals surface area contributed by atoms with Crippen LogP contribution in [-0.4, -0.2) is 18.6 Å². The molecule has 0 aliphatic carbocycles. The highest BCUT2D eigenvalue weighted by Crippen LogP contribution is 2.34. The van der Waals surface area contributed by atoms with Crippen molar-refractivity contribution in [3.63, 3.8) is 0 Å². The Kier molecular flexibility index (Phi) is 3.52. The third-order valence-corrected chi connectivity index (χ3v) is 1.76. The molecule has 1 N–H and O–H groups in total. The van der Waals surface area contributed by atoms with Crippen LogP contribution in [0.4, 0.5) is 11.4 Å². The zero-order valence-corrected chi connectivity index (χ0v) is 8.19. The van der Waals surface area contributed by atoms with Crippen molar-refractivity contribution >= 4 is 11.4 Å². The highest BCUT2D eigenvalue weighted by atomic mass is 16.6. The molecule has 1 aromatic rings. The van der Waals surface area contributed by atoms with Gasteiger partial charge in [0.2, 0.25) is 0 Å². The summed E-state index contributed by atoms with van der Waals surface area (Å²) in [5.41, 5.74) is 0.296. The van der Waals surface area contributed by atoms with Crippen LogP contribution in [0.15, 0.2) is 18.2 Å². The number of nitro benzene ring substituents is 1. The third-order valence-electron chi connectivity index (χ3n) is 1.76. The first kappa shape index (κ1) is 10.9. The van der Waals surface area contributed by atoms with Crippen molar-refractivity contribution in [3.05, 3.63) is 28.3 Å². The SMILES string of the molecule is C#CCOc1cccc(NC)c1[N+](=O)[O-]. The van der Waals surface area contributed by atoms with Crippen LogP contribution in [0.5, 0.6) is 5.75 Å². The van der Waals surface area contributed by atoms with Gasteiger partial charge in [-0.15, -0.1) is 6.42 Å². The summed E-state index contributed by atoms with van der Waals surface area (Å²) in [6.07, 6.45) is 5.01. The predicted octanol–water partition coefficient (Wildman–Crippen LogP) is 1.65. The fourth-order valence-electron chi connectivity index (χ4n) is 1.15. The number of nitrogens with zero attached hydrogens (tertiary/aromatic N) is 1. The lowest BCUT2D eigenvalue weighted by atomic mass is 10.2. The van der Waals surface area contributed by atoms with Crippen LogP contribution in [0.1, 0.15) is 0 Å². The Labute approximate surface area is 87.2 Å². The second-order valence-corrected chi connectivity index (χ2v) is 2.65. The average Bonchev–Trinajstić information content (AvgIpc) is 2.25. The van der Waals surface area contributed by atoms with Gasteiger partial charge < -0.3 is 10.1 Å². The molecule has 0 saturated heterocycles. The number of anilines is 1. The zero-order valence-electron chi connectivity index (χ0n) is 8.19. The number of terminal acetylenes is 1. The van der Waals surface area contributed by atoms with Crippen LogP contribution in [0.2, 0.25) is 0 Å². The van der Waals surface area contributed by atoms with E-state index >= 15 is 0 Å². The molecule has 0 unspecified atom stereocenters. The van der Waals surface area contributed by atoms with Crippen molar-refractivity contribution in [3.8, 4) is 18.1 Å². The second-order valence-electron chi connectivity index (χ2n) is 2.65. The summed E-state index contributed by atoms with van der Waals surface area (Å²) in [6, 6.07) is 4.77. The molecule has 0 amide bonds. The van der Waals surface area contributed by atoms with Crippen molar-refractivity contribution in [2.45, 2.75) is 0 Å². The van der Waals surface area contributed by atoms with Crippen LogP contribution in [0.25, 0.3) is 0 Å². The molecule has 0 aliphatic heterocycles. The molecule has 5 nitrogen and oxygen atoms in total. The minimum Gasteiger partial charge on any atom is -0.474 e. The van der Waals surface area contributed by atoms with E-state index in [-0.39, 0.29) is 18.0 Å². The first-order chi connectivity index (χ1) is 7.20. The molecule has 0 atom stereocenters. The zero-order chi connectivity index (χ0) is 11.3. The molecule has 0 aliphatic rings. The monoisotopic (exact) mass is 206 g/mol. The molecule has 0 bridgehead atoms. The Bertz CT molecular complexity index is 410. The summed E-state index contributed by atoms with van der Waals surface area (Å²) >= 11 is 0. The highest BCUT2D eigenvalue weighted by molar-refractivity contribution is 5.68. The van der Waals surface area contributed by atoms with E-state index in [0.29, 0.717) is 5.69 Å². The third kappa shape index (κ3) is 2.38. The lowest BCUT2D eigenvalue weighted by Gasteiger charge is -2.06. The maximum Gasteiger partial charge on any atom is 0.333 e. The fourth-order valence-corrected chi connectivity index (χ4v) is 1.15. The summed E-state index contributed by atoms with van der Waals surface area (Å²) in [5.74, 6) is 2.43. The number of hydrogen-bond donors (Lipinski definition) is 1. The minimum atomic E-state index is -0.502. The van der Waals surface area contributed by atoms with Gasteiger partial charge in [-0.3, -0.25) is 10.1 Å². The average molecular weight is 206 g/mol. The van der Waals surface area contributed by atoms with Gasteiger partial charge in [0, 0.05) is 7.05 Å². The lowest BCUT2D eigenvalue weighted by Crippen LogP contribution is -2.01. The molecule has 78 valence electrons. The maximum atomic E-state index is 10.8. The molecular formula is C10H10N2O3. The van der Waals surface area contributed by atoms with Gasteiger partial charge >= 0.3 is 5.69 Å². The van der Waals surface area contributed by atoms with Crippen molar-refractivity contribution < 1.29 is 9.66 Å². The summed E-state index contributed by atoms with van der Waals surface area (Å²) < 4.78 is 5.07. The van der Waals surface area contributed by atoms with Crippen LogP contribution in [0.3, 0.4) is 0 Å². The number of para-hydroxylation sites is 1. The first-order valence-electron chi connectivity index (χ1n) is 4.22. The highest BCUT2D eigenvalue weighted by Gasteiger charge is 2.19. The molecule has 15 heavy (non-hydrogen) atoms. The lowest BCUT2D eigenvalue weighted by molar-refractivity contribution is -0.384. The Balaban J connectivity index is 3.14. The maximum absolute atomic E-state index is 10.8. The minimum absolute atomic E-state index is 0.00794. The van der Waals surface area contributed by atoms with Crippen LogP contribution < -0.4 is 10.1 Å². The normalized spacial score (nSPS) is 9.07. The van der Waals surface area contributed by atoms with E-state index in [4.69, 9.17) is 11.2 Å². The van der Waals surface area contributed by atoms with Crippen LogP contribution in [0, 0.1) is 22.5 Å². The van der Waals surface area contributed by atoms with E-state index in [0.717, 1.165) is 0 Å². The Morgan fingerprint density at radius 3 is 2.93 bits per heavy atom. The second kappa shape index (κ2) is 4.86. The van der Waals surface area contributed by atoms with Gasteiger partial charge in [-0.05, 0) is 12.1 Å². The van der Waals surface area contributed by atoms with Crippen LogP contribution in [-0.2, 0) is 0 Å². The number of rotatable bonds is 4. The van der Waals surface area contributed by atoms with Crippen molar-refractivity contribution in [1.82, 2.24) is 0 Å². The first-order valence-corrected chi connectivity index (χ1v) is 4.22. The number of nitro groups is 1. The van der Waals surface area contributed by atoms with E-state index in [1.807, 2.05) is 0 Å². The Morgan fingerprint density at radius 1 is 1.67 bits per heavy atom. The quantitative estimate of drug-likeness (QED) is 0.462. The van der Waals surface area contributed by atoms with Crippen LogP contribution >= 0.6 is 0 Å². The van der Waals surface area contributed by atoms with Gasteiger partial charge in [-0.25, -0.2) is 0 Å². The summed E-state index contributed by atoms with van der Waals surface area (Å²) in [6.45, 7) is 0.00794. The topological polar surface area (TPSA) is 64.4 Å². The van der Waals surface area contributed by atoms with E-state index in [2.05, 4.69) is 11.2 Å². The number of benzene rings is 1. The molecular weight excluding hydrogens is 196 g/mol. The molecule has 0 spiro atoms. The van der Waals surface area contributed by atoms with Gasteiger partial charge in [0.1, 0.15) is 12.3 Å². The molecule has 0 radical (unpaired) electrons. The standard InChI is InChI=1S/C10H10N2O3/c1-3-7-15-9-6-4-5-8(11-2)10(9)12(13)14/h1,4-6,11H,7H2,2H3. The van der Waals surface area contributed by atoms with Gasteiger partial charge in [-0.2, -0.15) is 0 Å². The van der Waals surface area contributed by atoms with Crippen molar-refractivity contribution in [1.29, 1.82) is 0 Å². The largest absolute Gasteiger partial charge is 0.474 e. The Morgan fingerprint density at radius 2 is 2.40 bits per heavy atom. The van der Waals surface area contributed by atoms with Crippen molar-refractivity contribution in [2.75, 3.05) is 19.0 Å². The molecule has 0 saturated carbocycles. The van der Waals surface area contributed by atoms with E-state index < -0.39 is 4.92 Å². The summed E-state index contributed by atoms with van der Waals surface area (Å²) in [5, 5.41) is 13.5. The predicted molar refractivity (Wildman–Crippen MR) is 57.0 cm³/mol. The number of ether oxygens (including phenoxy) is 1. The van der Waals surface area contributed by atoms with E-state index in [1.165, 1.54) is 6.07 Å².